The minimum absolute atomic E-state index is 0.106. The van der Waals surface area contributed by atoms with Crippen molar-refractivity contribution in [3.8, 4) is 11.5 Å². The molecule has 1 atom stereocenters. The van der Waals surface area contributed by atoms with Gasteiger partial charge in [0.15, 0.2) is 0 Å². The maximum Gasteiger partial charge on any atom is 0.253 e. The number of thiazole rings is 1. The minimum Gasteiger partial charge on any atom is -0.506 e. The molecule has 3 aromatic carbocycles. The lowest BCUT2D eigenvalue weighted by atomic mass is 10.0. The van der Waals surface area contributed by atoms with E-state index in [4.69, 9.17) is 4.74 Å². The second-order valence-electron chi connectivity index (χ2n) is 10.1. The Morgan fingerprint density at radius 1 is 1.05 bits per heavy atom. The quantitative estimate of drug-likeness (QED) is 0.185. The number of amides is 2. The summed E-state index contributed by atoms with van der Waals surface area (Å²) in [6.07, 6.45) is 1.38. The van der Waals surface area contributed by atoms with Crippen LogP contribution in [0, 0.1) is 6.92 Å². The molecule has 0 bridgehead atoms. The first-order valence-corrected chi connectivity index (χ1v) is 14.4. The van der Waals surface area contributed by atoms with Gasteiger partial charge in [-0.15, -0.1) is 11.3 Å². The highest BCUT2D eigenvalue weighted by atomic mass is 32.1. The van der Waals surface area contributed by atoms with Crippen LogP contribution in [0.15, 0.2) is 72.1 Å². The van der Waals surface area contributed by atoms with E-state index in [1.54, 1.807) is 49.4 Å². The monoisotopic (exact) mass is 572 g/mol. The van der Waals surface area contributed by atoms with E-state index in [1.165, 1.54) is 11.3 Å². The van der Waals surface area contributed by atoms with E-state index in [0.717, 1.165) is 27.6 Å². The second-order valence-corrected chi connectivity index (χ2v) is 11.0. The lowest BCUT2D eigenvalue weighted by Crippen LogP contribution is -2.33. The van der Waals surface area contributed by atoms with Crippen molar-refractivity contribution in [1.29, 1.82) is 0 Å². The summed E-state index contributed by atoms with van der Waals surface area (Å²) in [6, 6.07) is 20.0. The summed E-state index contributed by atoms with van der Waals surface area (Å²) >= 11 is 1.52. The molecule has 0 saturated carbocycles. The van der Waals surface area contributed by atoms with Gasteiger partial charge in [0, 0.05) is 41.8 Å². The maximum atomic E-state index is 12.9. The van der Waals surface area contributed by atoms with Crippen molar-refractivity contribution in [2.24, 2.45) is 0 Å². The number of hydrogen-bond acceptors (Lipinski definition) is 7. The number of nitrogens with one attached hydrogen (secondary N) is 2. The molecule has 214 valence electrons. The second kappa shape index (κ2) is 13.8. The van der Waals surface area contributed by atoms with E-state index in [0.29, 0.717) is 42.7 Å². The van der Waals surface area contributed by atoms with Crippen LogP contribution in [0.5, 0.6) is 11.5 Å². The molecule has 1 aromatic heterocycles. The highest BCUT2D eigenvalue weighted by Gasteiger charge is 2.17. The Morgan fingerprint density at radius 3 is 2.56 bits per heavy atom. The van der Waals surface area contributed by atoms with Gasteiger partial charge in [-0.05, 0) is 80.3 Å². The molecule has 1 heterocycles. The number of nitrogens with zero attached hydrogens (tertiary/aromatic N) is 2. The smallest absolute Gasteiger partial charge is 0.253 e. The van der Waals surface area contributed by atoms with E-state index in [1.807, 2.05) is 55.6 Å². The number of aromatic hydroxyl groups is 1. The first-order valence-electron chi connectivity index (χ1n) is 13.5. The van der Waals surface area contributed by atoms with Gasteiger partial charge in [0.2, 0.25) is 0 Å². The van der Waals surface area contributed by atoms with E-state index in [2.05, 4.69) is 15.6 Å². The molecule has 41 heavy (non-hydrogen) atoms. The summed E-state index contributed by atoms with van der Waals surface area (Å²) in [5.74, 6) is 0.571. The van der Waals surface area contributed by atoms with Gasteiger partial charge >= 0.3 is 0 Å². The highest BCUT2D eigenvalue weighted by molar-refractivity contribution is 7.09. The zero-order valence-electron chi connectivity index (χ0n) is 23.8. The zero-order valence-corrected chi connectivity index (χ0v) is 24.6. The van der Waals surface area contributed by atoms with Crippen LogP contribution in [0.1, 0.15) is 55.9 Å². The SMILES string of the molecule is COc1cccc(CNc2ccc(CCC(C)NC(=O)c3cccc(C(=O)N(C)Cc4nc(C)cs4)c3)cc2O)c1. The number of methoxy groups -OCH3 is 1. The van der Waals surface area contributed by atoms with Crippen LogP contribution >= 0.6 is 11.3 Å². The van der Waals surface area contributed by atoms with Crippen LogP contribution in [0.2, 0.25) is 0 Å². The number of anilines is 1. The van der Waals surface area contributed by atoms with Gasteiger partial charge in [-0.25, -0.2) is 4.98 Å². The molecule has 4 aromatic rings. The number of aryl methyl sites for hydroxylation is 2. The van der Waals surface area contributed by atoms with Gasteiger partial charge in [-0.3, -0.25) is 9.59 Å². The minimum atomic E-state index is -0.231. The molecule has 0 aliphatic rings. The molecule has 8 nitrogen and oxygen atoms in total. The zero-order chi connectivity index (χ0) is 29.4. The summed E-state index contributed by atoms with van der Waals surface area (Å²) in [5, 5.41) is 19.6. The lowest BCUT2D eigenvalue weighted by molar-refractivity contribution is 0.0785. The van der Waals surface area contributed by atoms with Crippen molar-refractivity contribution in [3.05, 3.63) is 105 Å². The molecule has 0 aliphatic carbocycles. The fraction of sp³-hybridized carbons (Fsp3) is 0.281. The van der Waals surface area contributed by atoms with Crippen molar-refractivity contribution >= 4 is 28.8 Å². The maximum absolute atomic E-state index is 12.9. The third-order valence-corrected chi connectivity index (χ3v) is 7.63. The van der Waals surface area contributed by atoms with E-state index in [-0.39, 0.29) is 23.6 Å². The highest BCUT2D eigenvalue weighted by Crippen LogP contribution is 2.26. The van der Waals surface area contributed by atoms with E-state index < -0.39 is 0 Å². The third kappa shape index (κ3) is 8.31. The van der Waals surface area contributed by atoms with Crippen LogP contribution in [0.3, 0.4) is 0 Å². The summed E-state index contributed by atoms with van der Waals surface area (Å²) in [4.78, 5) is 31.9. The average Bonchev–Trinajstić information content (AvgIpc) is 3.39. The number of aromatic nitrogens is 1. The van der Waals surface area contributed by atoms with E-state index in [9.17, 15) is 14.7 Å². The number of benzene rings is 3. The molecule has 3 N–H and O–H groups in total. The first kappa shape index (κ1) is 29.6. The van der Waals surface area contributed by atoms with E-state index >= 15 is 0 Å². The number of phenolic OH excluding ortho intramolecular Hbond substituents is 1. The van der Waals surface area contributed by atoms with Gasteiger partial charge in [0.05, 0.1) is 19.3 Å². The number of carbonyl (C=O) groups is 2. The summed E-state index contributed by atoms with van der Waals surface area (Å²) in [5.41, 5.74) is 4.50. The number of carbonyl (C=O) groups excluding carboxylic acids is 2. The molecule has 2 amide bonds. The number of rotatable bonds is 12. The Balaban J connectivity index is 1.27. The van der Waals surface area contributed by atoms with Crippen LogP contribution in [-0.2, 0) is 19.5 Å². The summed E-state index contributed by atoms with van der Waals surface area (Å²) in [6.45, 7) is 4.84. The van der Waals surface area contributed by atoms with Crippen molar-refractivity contribution in [1.82, 2.24) is 15.2 Å². The fourth-order valence-electron chi connectivity index (χ4n) is 4.39. The molecule has 0 spiro atoms. The summed E-state index contributed by atoms with van der Waals surface area (Å²) in [7, 11) is 3.37. The largest absolute Gasteiger partial charge is 0.506 e. The Labute approximate surface area is 245 Å². The van der Waals surface area contributed by atoms with Gasteiger partial charge in [-0.1, -0.05) is 24.3 Å². The van der Waals surface area contributed by atoms with Crippen LogP contribution in [0.4, 0.5) is 5.69 Å². The normalized spacial score (nSPS) is 11.5. The average molecular weight is 573 g/mol. The number of phenols is 1. The molecule has 0 saturated heterocycles. The fourth-order valence-corrected chi connectivity index (χ4v) is 5.21. The topological polar surface area (TPSA) is 104 Å². The van der Waals surface area contributed by atoms with Crippen molar-refractivity contribution in [2.75, 3.05) is 19.5 Å². The number of hydrogen-bond donors (Lipinski definition) is 3. The molecule has 9 heteroatoms. The molecule has 1 unspecified atom stereocenters. The van der Waals surface area contributed by atoms with Gasteiger partial charge in [-0.2, -0.15) is 0 Å². The van der Waals surface area contributed by atoms with Crippen molar-refractivity contribution in [2.45, 2.75) is 45.8 Å². The Hall–Kier alpha value is -4.37. The van der Waals surface area contributed by atoms with Crippen LogP contribution < -0.4 is 15.4 Å². The van der Waals surface area contributed by atoms with Gasteiger partial charge in [0.1, 0.15) is 16.5 Å². The molecular formula is C32H36N4O4S. The Morgan fingerprint density at radius 2 is 1.83 bits per heavy atom. The summed E-state index contributed by atoms with van der Waals surface area (Å²) < 4.78 is 5.26. The Kier molecular flexibility index (Phi) is 9.97. The molecule has 0 fully saturated rings. The number of ether oxygens (including phenoxy) is 1. The molecular weight excluding hydrogens is 536 g/mol. The molecule has 0 aliphatic heterocycles. The van der Waals surface area contributed by atoms with Gasteiger partial charge in [0.25, 0.3) is 11.8 Å². The first-order chi connectivity index (χ1) is 19.7. The van der Waals surface area contributed by atoms with Crippen molar-refractivity contribution in [3.63, 3.8) is 0 Å². The predicted octanol–water partition coefficient (Wildman–Crippen LogP) is 5.80. The predicted molar refractivity (Wildman–Crippen MR) is 163 cm³/mol. The standard InChI is InChI=1S/C32H36N4O4S/c1-21(11-12-23-13-14-28(29(37)16-23)33-18-24-7-5-10-27(15-24)40-4)35-31(38)25-8-6-9-26(17-25)32(39)36(3)19-30-34-22(2)20-41-30/h5-10,13-17,20-21,33,37H,11-12,18-19H2,1-4H3,(H,35,38). The van der Waals surface area contributed by atoms with Crippen molar-refractivity contribution < 1.29 is 19.4 Å². The lowest BCUT2D eigenvalue weighted by Gasteiger charge is -2.17. The molecule has 4 rings (SSSR count). The third-order valence-electron chi connectivity index (χ3n) is 6.68. The Bertz CT molecular complexity index is 1500. The van der Waals surface area contributed by atoms with Crippen LogP contribution in [-0.4, -0.2) is 47.0 Å². The van der Waals surface area contributed by atoms with Crippen LogP contribution in [0.25, 0.3) is 0 Å². The molecule has 0 radical (unpaired) electrons. The van der Waals surface area contributed by atoms with Gasteiger partial charge < -0.3 is 25.4 Å².